The second-order valence-electron chi connectivity index (χ2n) is 9.02. The summed E-state index contributed by atoms with van der Waals surface area (Å²) in [5, 5.41) is 0.782. The number of halogens is 1. The van der Waals surface area contributed by atoms with Crippen LogP contribution >= 0.6 is 22.9 Å². The van der Waals surface area contributed by atoms with Gasteiger partial charge in [-0.3, -0.25) is 19.4 Å². The summed E-state index contributed by atoms with van der Waals surface area (Å²) in [7, 11) is 0. The van der Waals surface area contributed by atoms with Gasteiger partial charge in [0.1, 0.15) is 5.69 Å². The molecule has 0 aliphatic carbocycles. The number of ketones is 1. The van der Waals surface area contributed by atoms with Crippen molar-refractivity contribution in [3.63, 3.8) is 0 Å². The van der Waals surface area contributed by atoms with E-state index in [1.807, 2.05) is 23.1 Å². The van der Waals surface area contributed by atoms with Crippen molar-refractivity contribution in [2.75, 3.05) is 45.8 Å². The zero-order valence-corrected chi connectivity index (χ0v) is 20.7. The lowest BCUT2D eigenvalue weighted by Gasteiger charge is -2.34. The lowest BCUT2D eigenvalue weighted by atomic mass is 10.2. The van der Waals surface area contributed by atoms with E-state index in [1.165, 1.54) is 9.75 Å². The number of nitrogens with one attached hydrogen (secondary N) is 1. The number of piperazine rings is 1. The third kappa shape index (κ3) is 5.28. The minimum absolute atomic E-state index is 0.00330. The predicted molar refractivity (Wildman–Crippen MR) is 137 cm³/mol. The number of hydrogen-bond acceptors (Lipinski definition) is 5. The van der Waals surface area contributed by atoms with E-state index in [4.69, 9.17) is 11.6 Å². The highest BCUT2D eigenvalue weighted by Crippen LogP contribution is 2.33. The minimum Gasteiger partial charge on any atom is -0.356 e. The summed E-state index contributed by atoms with van der Waals surface area (Å²) < 4.78 is 0. The first-order chi connectivity index (χ1) is 16.6. The molecule has 0 unspecified atom stereocenters. The number of rotatable bonds is 7. The van der Waals surface area contributed by atoms with Crippen LogP contribution in [0.3, 0.4) is 0 Å². The van der Waals surface area contributed by atoms with E-state index in [9.17, 15) is 9.59 Å². The number of nitrogens with zero attached hydrogens (tertiary/aromatic N) is 3. The van der Waals surface area contributed by atoms with Crippen LogP contribution in [0.4, 0.5) is 0 Å². The van der Waals surface area contributed by atoms with Gasteiger partial charge in [-0.15, -0.1) is 11.3 Å². The maximum atomic E-state index is 12.8. The lowest BCUT2D eigenvalue weighted by molar-refractivity contribution is 0.0787. The Hall–Kier alpha value is -2.45. The molecule has 8 heteroatoms. The Morgan fingerprint density at radius 3 is 2.44 bits per heavy atom. The van der Waals surface area contributed by atoms with Crippen molar-refractivity contribution in [2.45, 2.75) is 19.4 Å². The molecule has 0 atom stereocenters. The molecule has 0 bridgehead atoms. The molecule has 2 saturated heterocycles. The molecule has 5 rings (SSSR count). The molecule has 3 aromatic rings. The number of carbonyl (C=O) groups excluding carboxylic acids is 2. The van der Waals surface area contributed by atoms with Gasteiger partial charge in [-0.05, 0) is 37.1 Å². The van der Waals surface area contributed by atoms with E-state index in [2.05, 4.69) is 33.0 Å². The van der Waals surface area contributed by atoms with Gasteiger partial charge >= 0.3 is 0 Å². The lowest BCUT2D eigenvalue weighted by Crippen LogP contribution is -2.47. The van der Waals surface area contributed by atoms with E-state index < -0.39 is 0 Å². The number of hydrogen-bond donors (Lipinski definition) is 1. The van der Waals surface area contributed by atoms with Crippen molar-refractivity contribution < 1.29 is 9.59 Å². The van der Waals surface area contributed by atoms with Crippen LogP contribution in [0, 0.1) is 0 Å². The van der Waals surface area contributed by atoms with Gasteiger partial charge in [-0.25, -0.2) is 0 Å². The summed E-state index contributed by atoms with van der Waals surface area (Å²) in [5.74, 6) is 0.0595. The van der Waals surface area contributed by atoms with Crippen molar-refractivity contribution in [3.05, 3.63) is 69.8 Å². The standard InChI is InChI=1S/C26H29ClN4O2S/c27-22-6-2-1-5-21(22)25-8-7-20(34-25)17-29-11-13-30(14-12-29)18-24(32)19-15-23(28-16-19)26(33)31-9-3-4-10-31/h1-2,5-8,15-16,28H,3-4,9-14,17-18H2. The van der Waals surface area contributed by atoms with E-state index in [1.54, 1.807) is 23.6 Å². The Labute approximate surface area is 209 Å². The number of thiophene rings is 1. The van der Waals surface area contributed by atoms with Gasteiger partial charge in [0.25, 0.3) is 5.91 Å². The molecule has 2 aliphatic heterocycles. The minimum atomic E-state index is -0.00330. The molecule has 1 aromatic carbocycles. The summed E-state index contributed by atoms with van der Waals surface area (Å²) in [6.45, 7) is 6.49. The molecule has 0 radical (unpaired) electrons. The smallest absolute Gasteiger partial charge is 0.270 e. The second-order valence-corrected chi connectivity index (χ2v) is 10.6. The molecule has 6 nitrogen and oxygen atoms in total. The molecular weight excluding hydrogens is 468 g/mol. The first-order valence-corrected chi connectivity index (χ1v) is 13.1. The highest BCUT2D eigenvalue weighted by Gasteiger charge is 2.24. The molecule has 2 aliphatic rings. The van der Waals surface area contributed by atoms with Gasteiger partial charge in [0.05, 0.1) is 6.54 Å². The Bertz CT molecular complexity index is 1160. The molecular formula is C26H29ClN4O2S. The zero-order valence-electron chi connectivity index (χ0n) is 19.1. The fraction of sp³-hybridized carbons (Fsp3) is 0.385. The van der Waals surface area contributed by atoms with Gasteiger partial charge in [0, 0.05) is 77.9 Å². The monoisotopic (exact) mass is 496 g/mol. The highest BCUT2D eigenvalue weighted by atomic mass is 35.5. The van der Waals surface area contributed by atoms with Crippen LogP contribution in [0.1, 0.15) is 38.6 Å². The summed E-state index contributed by atoms with van der Waals surface area (Å²) in [4.78, 5) is 37.3. The Kier molecular flexibility index (Phi) is 7.15. The molecule has 2 fully saturated rings. The maximum absolute atomic E-state index is 12.8. The van der Waals surface area contributed by atoms with Gasteiger partial charge in [-0.1, -0.05) is 29.8 Å². The molecule has 1 N–H and O–H groups in total. The SMILES string of the molecule is O=C(CN1CCN(Cc2ccc(-c3ccccc3Cl)s2)CC1)c1c[nH]c(C(=O)N2CCCC2)c1. The second kappa shape index (κ2) is 10.4. The first-order valence-electron chi connectivity index (χ1n) is 11.9. The fourth-order valence-corrected chi connectivity index (χ4v) is 6.04. The number of aromatic amines is 1. The van der Waals surface area contributed by atoms with Crippen LogP contribution < -0.4 is 0 Å². The van der Waals surface area contributed by atoms with E-state index in [0.717, 1.165) is 69.2 Å². The van der Waals surface area contributed by atoms with Crippen molar-refractivity contribution >= 4 is 34.6 Å². The average Bonchev–Trinajstić information content (AvgIpc) is 3.62. The van der Waals surface area contributed by atoms with Crippen LogP contribution in [0.15, 0.2) is 48.7 Å². The summed E-state index contributed by atoms with van der Waals surface area (Å²) in [5.41, 5.74) is 2.19. The number of Topliss-reactive ketones (excluding diaryl/α,β-unsaturated/α-hetero) is 1. The fourth-order valence-electron chi connectivity index (χ4n) is 4.66. The molecule has 178 valence electrons. The van der Waals surface area contributed by atoms with Crippen LogP contribution in [0.25, 0.3) is 10.4 Å². The average molecular weight is 497 g/mol. The first kappa shape index (κ1) is 23.3. The quantitative estimate of drug-likeness (QED) is 0.484. The van der Waals surface area contributed by atoms with Crippen LogP contribution in [-0.4, -0.2) is 77.2 Å². The van der Waals surface area contributed by atoms with Crippen LogP contribution in [0.5, 0.6) is 0 Å². The van der Waals surface area contributed by atoms with Crippen LogP contribution in [0.2, 0.25) is 5.02 Å². The third-order valence-electron chi connectivity index (χ3n) is 6.64. The van der Waals surface area contributed by atoms with Crippen molar-refractivity contribution in [1.29, 1.82) is 0 Å². The van der Waals surface area contributed by atoms with E-state index in [0.29, 0.717) is 17.8 Å². The maximum Gasteiger partial charge on any atom is 0.270 e. The van der Waals surface area contributed by atoms with Crippen molar-refractivity contribution in [1.82, 2.24) is 19.7 Å². The highest BCUT2D eigenvalue weighted by molar-refractivity contribution is 7.15. The topological polar surface area (TPSA) is 59.7 Å². The van der Waals surface area contributed by atoms with Crippen LogP contribution in [-0.2, 0) is 6.54 Å². The van der Waals surface area contributed by atoms with Crippen molar-refractivity contribution in [2.24, 2.45) is 0 Å². The number of H-pyrrole nitrogens is 1. The predicted octanol–water partition coefficient (Wildman–Crippen LogP) is 4.63. The molecule has 2 aromatic heterocycles. The summed E-state index contributed by atoms with van der Waals surface area (Å²) >= 11 is 8.14. The Morgan fingerprint density at radius 1 is 0.941 bits per heavy atom. The molecule has 34 heavy (non-hydrogen) atoms. The molecule has 1 amide bonds. The Morgan fingerprint density at radius 2 is 1.68 bits per heavy atom. The summed E-state index contributed by atoms with van der Waals surface area (Å²) in [6, 6.07) is 14.0. The summed E-state index contributed by atoms with van der Waals surface area (Å²) in [6.07, 6.45) is 3.79. The molecule has 0 saturated carbocycles. The number of benzene rings is 1. The number of aromatic nitrogens is 1. The molecule has 4 heterocycles. The number of carbonyl (C=O) groups is 2. The van der Waals surface area contributed by atoms with Gasteiger partial charge in [0.15, 0.2) is 5.78 Å². The Balaban J connectivity index is 1.10. The van der Waals surface area contributed by atoms with E-state index >= 15 is 0 Å². The van der Waals surface area contributed by atoms with Gasteiger partial charge in [-0.2, -0.15) is 0 Å². The largest absolute Gasteiger partial charge is 0.356 e. The van der Waals surface area contributed by atoms with Gasteiger partial charge < -0.3 is 9.88 Å². The molecule has 0 spiro atoms. The number of amides is 1. The number of likely N-dealkylation sites (tertiary alicyclic amines) is 1. The third-order valence-corrected chi connectivity index (χ3v) is 8.07. The van der Waals surface area contributed by atoms with Gasteiger partial charge in [0.2, 0.25) is 0 Å². The van der Waals surface area contributed by atoms with Crippen molar-refractivity contribution in [3.8, 4) is 10.4 Å². The normalized spacial score (nSPS) is 17.4. The van der Waals surface area contributed by atoms with E-state index in [-0.39, 0.29) is 11.7 Å². The zero-order chi connectivity index (χ0) is 23.5.